The van der Waals surface area contributed by atoms with Gasteiger partial charge in [0.2, 0.25) is 0 Å². The van der Waals surface area contributed by atoms with Crippen LogP contribution < -0.4 is 0 Å². The number of ether oxygens (including phenoxy) is 2. The predicted molar refractivity (Wildman–Crippen MR) is 108 cm³/mol. The van der Waals surface area contributed by atoms with Gasteiger partial charge in [-0.3, -0.25) is 19.5 Å². The predicted octanol–water partition coefficient (Wildman–Crippen LogP) is 3.32. The van der Waals surface area contributed by atoms with Gasteiger partial charge in [0.05, 0.1) is 24.2 Å². The molecule has 2 heterocycles. The van der Waals surface area contributed by atoms with E-state index in [1.54, 1.807) is 18.2 Å². The maximum absolute atomic E-state index is 12.0. The molecule has 6 heteroatoms. The standard InChI is InChI=1S/C22H34N2O4/c1-2-3-4-5-6-7-8-12-24-13-15-27-21(25)17-19-10-9-11-20(23-19)18-22(26)28-16-14-24/h9-11H,2-8,12-18H2,1H3. The lowest BCUT2D eigenvalue weighted by atomic mass is 10.1. The zero-order valence-electron chi connectivity index (χ0n) is 17.2. The van der Waals surface area contributed by atoms with E-state index in [4.69, 9.17) is 9.47 Å². The highest BCUT2D eigenvalue weighted by Gasteiger charge is 2.13. The third-order valence-corrected chi connectivity index (χ3v) is 4.93. The smallest absolute Gasteiger partial charge is 0.311 e. The van der Waals surface area contributed by atoms with Crippen molar-refractivity contribution in [2.24, 2.45) is 0 Å². The van der Waals surface area contributed by atoms with Gasteiger partial charge in [0.1, 0.15) is 13.2 Å². The summed E-state index contributed by atoms with van der Waals surface area (Å²) in [7, 11) is 0. The van der Waals surface area contributed by atoms with E-state index in [2.05, 4.69) is 16.8 Å². The van der Waals surface area contributed by atoms with Crippen LogP contribution in [0.1, 0.15) is 63.3 Å². The number of esters is 2. The number of hydrogen-bond acceptors (Lipinski definition) is 6. The molecule has 6 nitrogen and oxygen atoms in total. The van der Waals surface area contributed by atoms with Crippen LogP contribution in [0.15, 0.2) is 18.2 Å². The molecule has 0 aliphatic carbocycles. The number of fused-ring (bicyclic) bond motifs is 2. The zero-order chi connectivity index (χ0) is 20.0. The zero-order valence-corrected chi connectivity index (χ0v) is 17.2. The summed E-state index contributed by atoms with van der Waals surface area (Å²) in [4.78, 5) is 30.6. The summed E-state index contributed by atoms with van der Waals surface area (Å²) < 4.78 is 10.8. The average molecular weight is 391 g/mol. The first-order valence-corrected chi connectivity index (χ1v) is 10.7. The van der Waals surface area contributed by atoms with Crippen LogP contribution in [-0.4, -0.2) is 54.7 Å². The largest absolute Gasteiger partial charge is 0.464 e. The van der Waals surface area contributed by atoms with Gasteiger partial charge in [0, 0.05) is 13.1 Å². The molecule has 0 saturated carbocycles. The number of carbonyl (C=O) groups is 2. The molecular weight excluding hydrogens is 356 g/mol. The SMILES string of the molecule is CCCCCCCCCN1CCOC(=O)Cc2cccc(n2)CC(=O)OCC1. The summed E-state index contributed by atoms with van der Waals surface area (Å²) in [5.74, 6) is -0.555. The summed E-state index contributed by atoms with van der Waals surface area (Å²) >= 11 is 0. The van der Waals surface area contributed by atoms with E-state index in [0.717, 1.165) is 13.0 Å². The molecule has 0 aromatic carbocycles. The van der Waals surface area contributed by atoms with Crippen LogP contribution in [0.25, 0.3) is 0 Å². The molecule has 0 fully saturated rings. The van der Waals surface area contributed by atoms with Gasteiger partial charge in [-0.2, -0.15) is 0 Å². The van der Waals surface area contributed by atoms with E-state index in [9.17, 15) is 9.59 Å². The molecule has 1 aliphatic rings. The van der Waals surface area contributed by atoms with Crippen molar-refractivity contribution in [1.29, 1.82) is 0 Å². The summed E-state index contributed by atoms with van der Waals surface area (Å²) in [6.45, 7) is 5.18. The van der Waals surface area contributed by atoms with Gasteiger partial charge >= 0.3 is 11.9 Å². The van der Waals surface area contributed by atoms with Crippen molar-refractivity contribution in [3.8, 4) is 0 Å². The molecule has 0 amide bonds. The van der Waals surface area contributed by atoms with E-state index < -0.39 is 0 Å². The van der Waals surface area contributed by atoms with E-state index in [1.165, 1.54) is 38.5 Å². The number of pyridine rings is 1. The fourth-order valence-corrected chi connectivity index (χ4v) is 3.33. The Kier molecular flexibility index (Phi) is 10.6. The topological polar surface area (TPSA) is 68.7 Å². The molecule has 0 atom stereocenters. The van der Waals surface area contributed by atoms with Gasteiger partial charge in [-0.25, -0.2) is 0 Å². The summed E-state index contributed by atoms with van der Waals surface area (Å²) in [6.07, 6.45) is 9.06. The molecule has 0 N–H and O–H groups in total. The van der Waals surface area contributed by atoms with Crippen molar-refractivity contribution in [3.05, 3.63) is 29.6 Å². The van der Waals surface area contributed by atoms with Crippen LogP contribution >= 0.6 is 0 Å². The molecule has 1 aliphatic heterocycles. The van der Waals surface area contributed by atoms with Crippen molar-refractivity contribution in [2.75, 3.05) is 32.8 Å². The van der Waals surface area contributed by atoms with E-state index in [0.29, 0.717) is 37.7 Å². The van der Waals surface area contributed by atoms with Crippen LogP contribution in [-0.2, 0) is 31.9 Å². The van der Waals surface area contributed by atoms with Crippen molar-refractivity contribution in [1.82, 2.24) is 9.88 Å². The van der Waals surface area contributed by atoms with Crippen LogP contribution in [0.3, 0.4) is 0 Å². The van der Waals surface area contributed by atoms with Crippen molar-refractivity contribution < 1.29 is 19.1 Å². The molecule has 0 unspecified atom stereocenters. The minimum absolute atomic E-state index is 0.126. The van der Waals surface area contributed by atoms with Crippen molar-refractivity contribution >= 4 is 11.9 Å². The van der Waals surface area contributed by atoms with E-state index >= 15 is 0 Å². The van der Waals surface area contributed by atoms with Gasteiger partial charge in [-0.1, -0.05) is 51.5 Å². The Morgan fingerprint density at radius 1 is 0.857 bits per heavy atom. The number of aromatic nitrogens is 1. The minimum Gasteiger partial charge on any atom is -0.464 e. The molecule has 0 saturated heterocycles. The molecule has 2 bridgehead atoms. The molecule has 2 rings (SSSR count). The highest BCUT2D eigenvalue weighted by molar-refractivity contribution is 5.73. The highest BCUT2D eigenvalue weighted by atomic mass is 16.5. The van der Waals surface area contributed by atoms with Crippen molar-refractivity contribution in [2.45, 2.75) is 64.7 Å². The minimum atomic E-state index is -0.278. The van der Waals surface area contributed by atoms with Crippen LogP contribution in [0, 0.1) is 0 Å². The fourth-order valence-electron chi connectivity index (χ4n) is 3.33. The molecule has 28 heavy (non-hydrogen) atoms. The first kappa shape index (κ1) is 22.3. The lowest BCUT2D eigenvalue weighted by molar-refractivity contribution is -0.143. The summed E-state index contributed by atoms with van der Waals surface area (Å²) in [5.41, 5.74) is 1.24. The van der Waals surface area contributed by atoms with E-state index in [-0.39, 0.29) is 24.8 Å². The maximum Gasteiger partial charge on any atom is 0.311 e. The van der Waals surface area contributed by atoms with Crippen molar-refractivity contribution in [3.63, 3.8) is 0 Å². The van der Waals surface area contributed by atoms with Gasteiger partial charge in [0.25, 0.3) is 0 Å². The molecule has 156 valence electrons. The van der Waals surface area contributed by atoms with Gasteiger partial charge < -0.3 is 9.47 Å². The highest BCUT2D eigenvalue weighted by Crippen LogP contribution is 2.08. The lowest BCUT2D eigenvalue weighted by Crippen LogP contribution is -2.33. The van der Waals surface area contributed by atoms with Gasteiger partial charge in [-0.15, -0.1) is 0 Å². The molecular formula is C22H34N2O4. The number of cyclic esters (lactones) is 2. The Labute approximate surface area is 168 Å². The average Bonchev–Trinajstić information content (AvgIpc) is 2.66. The second kappa shape index (κ2) is 13.3. The summed E-state index contributed by atoms with van der Waals surface area (Å²) in [6, 6.07) is 5.34. The number of rotatable bonds is 8. The van der Waals surface area contributed by atoms with Crippen LogP contribution in [0.5, 0.6) is 0 Å². The normalized spacial score (nSPS) is 16.9. The second-order valence-corrected chi connectivity index (χ2v) is 7.38. The quantitative estimate of drug-likeness (QED) is 0.501. The number of nitrogens with zero attached hydrogens (tertiary/aromatic N) is 2. The van der Waals surface area contributed by atoms with Gasteiger partial charge in [0.15, 0.2) is 0 Å². The Morgan fingerprint density at radius 3 is 1.96 bits per heavy atom. The van der Waals surface area contributed by atoms with Crippen LogP contribution in [0.4, 0.5) is 0 Å². The number of unbranched alkanes of at least 4 members (excludes halogenated alkanes) is 6. The lowest BCUT2D eigenvalue weighted by Gasteiger charge is -2.22. The monoisotopic (exact) mass is 390 g/mol. The summed E-state index contributed by atoms with van der Waals surface area (Å²) in [5, 5.41) is 0. The maximum atomic E-state index is 12.0. The molecule has 1 aromatic rings. The molecule has 0 radical (unpaired) electrons. The van der Waals surface area contributed by atoms with Gasteiger partial charge in [-0.05, 0) is 25.1 Å². The Morgan fingerprint density at radius 2 is 1.39 bits per heavy atom. The Hall–Kier alpha value is -1.95. The number of carbonyl (C=O) groups excluding carboxylic acids is 2. The van der Waals surface area contributed by atoms with Crippen LogP contribution in [0.2, 0.25) is 0 Å². The molecule has 0 spiro atoms. The first-order chi connectivity index (χ1) is 13.7. The molecule has 1 aromatic heterocycles. The Bertz CT molecular complexity index is 567. The van der Waals surface area contributed by atoms with E-state index in [1.807, 2.05) is 0 Å². The number of hydrogen-bond donors (Lipinski definition) is 0. The Balaban J connectivity index is 1.80. The fraction of sp³-hybridized carbons (Fsp3) is 0.682. The first-order valence-electron chi connectivity index (χ1n) is 10.7. The third-order valence-electron chi connectivity index (χ3n) is 4.93. The third kappa shape index (κ3) is 9.31. The second-order valence-electron chi connectivity index (χ2n) is 7.38.